The van der Waals surface area contributed by atoms with Crippen LogP contribution in [-0.2, 0) is 14.2 Å². The molecule has 2 aliphatic rings. The fourth-order valence-electron chi connectivity index (χ4n) is 2.18. The van der Waals surface area contributed by atoms with Crippen LogP contribution in [0, 0.1) is 0 Å². The fraction of sp³-hybridized carbons (Fsp3) is 1.00. The van der Waals surface area contributed by atoms with Gasteiger partial charge in [-0.3, -0.25) is 0 Å². The maximum absolute atomic E-state index is 9.70. The predicted molar refractivity (Wildman–Crippen MR) is 62.6 cm³/mol. The van der Waals surface area contributed by atoms with Crippen LogP contribution >= 0.6 is 0 Å². The van der Waals surface area contributed by atoms with E-state index < -0.39 is 55.3 Å². The molecule has 2 heterocycles. The SMILES string of the molecule is O[C@@H]1[C@@H](O)[C@H](O)O[C@H](CO[C@@H]2OC[C@@H](O)[C@H](O)[C@H]2O)[C@H]1O. The highest BCUT2D eigenvalue weighted by Gasteiger charge is 2.44. The molecular weight excluding hydrogens is 292 g/mol. The van der Waals surface area contributed by atoms with E-state index in [1.54, 1.807) is 0 Å². The Morgan fingerprint density at radius 3 is 2.14 bits per heavy atom. The number of rotatable bonds is 3. The van der Waals surface area contributed by atoms with E-state index in [1.807, 2.05) is 0 Å². The molecule has 2 fully saturated rings. The summed E-state index contributed by atoms with van der Waals surface area (Å²) < 4.78 is 15.0. The number of hydrogen-bond donors (Lipinski definition) is 7. The average Bonchev–Trinajstić information content (AvgIpc) is 2.46. The molecule has 2 rings (SSSR count). The number of hydrogen-bond acceptors (Lipinski definition) is 10. The van der Waals surface area contributed by atoms with Gasteiger partial charge < -0.3 is 50.0 Å². The van der Waals surface area contributed by atoms with Crippen molar-refractivity contribution in [1.29, 1.82) is 0 Å². The van der Waals surface area contributed by atoms with Gasteiger partial charge in [-0.25, -0.2) is 0 Å². The molecule has 2 aliphatic heterocycles. The second kappa shape index (κ2) is 6.79. The molecule has 2 saturated heterocycles. The van der Waals surface area contributed by atoms with Gasteiger partial charge in [0.1, 0.15) is 42.7 Å². The van der Waals surface area contributed by atoms with Crippen molar-refractivity contribution in [3.63, 3.8) is 0 Å². The molecule has 0 bridgehead atoms. The van der Waals surface area contributed by atoms with Crippen LogP contribution in [0.2, 0.25) is 0 Å². The van der Waals surface area contributed by atoms with Crippen LogP contribution in [0.5, 0.6) is 0 Å². The van der Waals surface area contributed by atoms with Crippen LogP contribution in [0.15, 0.2) is 0 Å². The summed E-state index contributed by atoms with van der Waals surface area (Å²) >= 11 is 0. The third kappa shape index (κ3) is 3.51. The first-order chi connectivity index (χ1) is 9.82. The molecule has 0 aromatic rings. The molecule has 0 unspecified atom stereocenters. The van der Waals surface area contributed by atoms with Crippen LogP contribution in [0.4, 0.5) is 0 Å². The molecule has 0 aromatic heterocycles. The van der Waals surface area contributed by atoms with Crippen molar-refractivity contribution in [2.75, 3.05) is 13.2 Å². The van der Waals surface area contributed by atoms with Crippen LogP contribution < -0.4 is 0 Å². The first-order valence-corrected chi connectivity index (χ1v) is 6.48. The summed E-state index contributed by atoms with van der Waals surface area (Å²) in [4.78, 5) is 0. The topological polar surface area (TPSA) is 169 Å². The lowest BCUT2D eigenvalue weighted by atomic mass is 9.99. The minimum atomic E-state index is -1.69. The van der Waals surface area contributed by atoms with Gasteiger partial charge in [0.2, 0.25) is 0 Å². The zero-order valence-electron chi connectivity index (χ0n) is 11.0. The van der Waals surface area contributed by atoms with Gasteiger partial charge in [0, 0.05) is 0 Å². The van der Waals surface area contributed by atoms with Gasteiger partial charge in [-0.2, -0.15) is 0 Å². The number of ether oxygens (including phenoxy) is 3. The van der Waals surface area contributed by atoms with Crippen molar-refractivity contribution in [2.45, 2.75) is 55.3 Å². The standard InChI is InChI=1S/C11H20O10/c12-3-1-19-11(9(17)5(3)13)20-2-4-6(14)7(15)8(16)10(18)21-4/h3-18H,1-2H2/t3-,4-,5+,6-,7+,8-,9-,10-,11+/m1/s1. The van der Waals surface area contributed by atoms with Gasteiger partial charge >= 0.3 is 0 Å². The van der Waals surface area contributed by atoms with Gasteiger partial charge in [0.25, 0.3) is 0 Å². The second-order valence-corrected chi connectivity index (χ2v) is 5.12. The zero-order chi connectivity index (χ0) is 15.7. The maximum Gasteiger partial charge on any atom is 0.186 e. The summed E-state index contributed by atoms with van der Waals surface area (Å²) in [6.45, 7) is -0.631. The Morgan fingerprint density at radius 1 is 0.810 bits per heavy atom. The molecule has 124 valence electrons. The number of aliphatic hydroxyl groups is 7. The van der Waals surface area contributed by atoms with Crippen molar-refractivity contribution in [3.05, 3.63) is 0 Å². The van der Waals surface area contributed by atoms with Gasteiger partial charge in [-0.15, -0.1) is 0 Å². The molecule has 0 spiro atoms. The van der Waals surface area contributed by atoms with Crippen LogP contribution in [-0.4, -0.2) is 104 Å². The lowest BCUT2D eigenvalue weighted by Gasteiger charge is -2.40. The molecule has 10 heteroatoms. The Balaban J connectivity index is 1.88. The fourth-order valence-corrected chi connectivity index (χ4v) is 2.18. The van der Waals surface area contributed by atoms with E-state index in [-0.39, 0.29) is 13.2 Å². The Bertz CT molecular complexity index is 341. The Hall–Kier alpha value is -0.400. The van der Waals surface area contributed by atoms with Crippen molar-refractivity contribution in [3.8, 4) is 0 Å². The summed E-state index contributed by atoms with van der Waals surface area (Å²) in [5, 5.41) is 66.2. The monoisotopic (exact) mass is 312 g/mol. The molecule has 0 saturated carbocycles. The Kier molecular flexibility index (Phi) is 5.48. The Labute approximate surface area is 119 Å². The summed E-state index contributed by atoms with van der Waals surface area (Å²) in [5.41, 5.74) is 0. The molecule has 0 amide bonds. The molecule has 10 nitrogen and oxygen atoms in total. The minimum Gasteiger partial charge on any atom is -0.388 e. The third-order valence-corrected chi connectivity index (χ3v) is 3.57. The molecular formula is C11H20O10. The van der Waals surface area contributed by atoms with Gasteiger partial charge in [-0.05, 0) is 0 Å². The molecule has 0 radical (unpaired) electrons. The molecule has 0 aromatic carbocycles. The summed E-state index contributed by atoms with van der Waals surface area (Å²) in [5.74, 6) is 0. The van der Waals surface area contributed by atoms with E-state index in [1.165, 1.54) is 0 Å². The van der Waals surface area contributed by atoms with Crippen molar-refractivity contribution >= 4 is 0 Å². The number of aliphatic hydroxyl groups excluding tert-OH is 7. The van der Waals surface area contributed by atoms with E-state index in [4.69, 9.17) is 14.2 Å². The van der Waals surface area contributed by atoms with Gasteiger partial charge in [0.05, 0.1) is 13.2 Å². The van der Waals surface area contributed by atoms with E-state index in [9.17, 15) is 35.7 Å². The lowest BCUT2D eigenvalue weighted by molar-refractivity contribution is -0.312. The van der Waals surface area contributed by atoms with Gasteiger partial charge in [-0.1, -0.05) is 0 Å². The average molecular weight is 312 g/mol. The van der Waals surface area contributed by atoms with Crippen molar-refractivity contribution in [2.24, 2.45) is 0 Å². The third-order valence-electron chi connectivity index (χ3n) is 3.57. The van der Waals surface area contributed by atoms with Crippen LogP contribution in [0.3, 0.4) is 0 Å². The smallest absolute Gasteiger partial charge is 0.186 e. The largest absolute Gasteiger partial charge is 0.388 e. The van der Waals surface area contributed by atoms with Crippen molar-refractivity contribution in [1.82, 2.24) is 0 Å². The maximum atomic E-state index is 9.70. The van der Waals surface area contributed by atoms with Crippen LogP contribution in [0.25, 0.3) is 0 Å². The normalized spacial score (nSPS) is 51.9. The highest BCUT2D eigenvalue weighted by atomic mass is 16.7. The molecule has 21 heavy (non-hydrogen) atoms. The molecule has 9 atom stereocenters. The van der Waals surface area contributed by atoms with Gasteiger partial charge in [0.15, 0.2) is 12.6 Å². The lowest BCUT2D eigenvalue weighted by Crippen LogP contribution is -2.59. The summed E-state index contributed by atoms with van der Waals surface area (Å²) in [6, 6.07) is 0. The molecule has 7 N–H and O–H groups in total. The summed E-state index contributed by atoms with van der Waals surface area (Å²) in [7, 11) is 0. The predicted octanol–water partition coefficient (Wildman–Crippen LogP) is -4.76. The second-order valence-electron chi connectivity index (χ2n) is 5.12. The van der Waals surface area contributed by atoms with E-state index in [0.717, 1.165) is 0 Å². The minimum absolute atomic E-state index is 0.249. The van der Waals surface area contributed by atoms with E-state index in [2.05, 4.69) is 0 Å². The highest BCUT2D eigenvalue weighted by Crippen LogP contribution is 2.22. The molecule has 0 aliphatic carbocycles. The van der Waals surface area contributed by atoms with E-state index in [0.29, 0.717) is 0 Å². The first kappa shape index (κ1) is 17.0. The van der Waals surface area contributed by atoms with Crippen molar-refractivity contribution < 1.29 is 50.0 Å². The highest BCUT2D eigenvalue weighted by molar-refractivity contribution is 4.89. The van der Waals surface area contributed by atoms with Crippen LogP contribution in [0.1, 0.15) is 0 Å². The Morgan fingerprint density at radius 2 is 1.48 bits per heavy atom. The quantitative estimate of drug-likeness (QED) is 0.268. The van der Waals surface area contributed by atoms with E-state index >= 15 is 0 Å². The summed E-state index contributed by atoms with van der Waals surface area (Å²) in [6.07, 6.45) is -13.1. The zero-order valence-corrected chi connectivity index (χ0v) is 11.0. The first-order valence-electron chi connectivity index (χ1n) is 6.48.